The van der Waals surface area contributed by atoms with Crippen LogP contribution in [-0.2, 0) is 9.53 Å². The Bertz CT molecular complexity index is 319. The molecule has 0 aromatic rings. The quantitative estimate of drug-likeness (QED) is 0.325. The summed E-state index contributed by atoms with van der Waals surface area (Å²) >= 11 is 0. The number of nitrogens with two attached hydrogens (primary N) is 1. The zero-order chi connectivity index (χ0) is 13.1. The smallest absolute Gasteiger partial charge is 0.233 e. The van der Waals surface area contributed by atoms with Gasteiger partial charge < -0.3 is 20.6 Å². The van der Waals surface area contributed by atoms with Gasteiger partial charge in [-0.05, 0) is 26.7 Å². The lowest BCUT2D eigenvalue weighted by Gasteiger charge is -2.40. The zero-order valence-corrected chi connectivity index (χ0v) is 10.6. The molecule has 6 heteroatoms. The fraction of sp³-hybridized carbons (Fsp3) is 0.818. The first-order chi connectivity index (χ1) is 7.93. The summed E-state index contributed by atoms with van der Waals surface area (Å²) in [6.07, 6.45) is 1.84. The largest absolute Gasteiger partial charge is 0.409 e. The van der Waals surface area contributed by atoms with Gasteiger partial charge in [0.1, 0.15) is 0 Å². The molecule has 1 rings (SSSR count). The highest BCUT2D eigenvalue weighted by atomic mass is 16.5. The molecule has 2 unspecified atom stereocenters. The lowest BCUT2D eigenvalue weighted by Crippen LogP contribution is -2.52. The normalized spacial score (nSPS) is 27.9. The number of amides is 1. The van der Waals surface area contributed by atoms with E-state index in [1.165, 1.54) is 0 Å². The summed E-state index contributed by atoms with van der Waals surface area (Å²) in [5.41, 5.74) is 5.15. The van der Waals surface area contributed by atoms with Gasteiger partial charge >= 0.3 is 0 Å². The summed E-state index contributed by atoms with van der Waals surface area (Å²) < 4.78 is 5.42. The van der Waals surface area contributed by atoms with Crippen LogP contribution < -0.4 is 5.73 Å². The SMILES string of the molecule is COC1(C)CCCN(C(=O)C(C)C(N)=NO)C1. The average molecular weight is 243 g/mol. The van der Waals surface area contributed by atoms with E-state index in [2.05, 4.69) is 5.16 Å². The van der Waals surface area contributed by atoms with Crippen LogP contribution in [0.25, 0.3) is 0 Å². The summed E-state index contributed by atoms with van der Waals surface area (Å²) in [5, 5.41) is 11.4. The van der Waals surface area contributed by atoms with Crippen LogP contribution in [0.15, 0.2) is 5.16 Å². The van der Waals surface area contributed by atoms with E-state index in [1.54, 1.807) is 18.9 Å². The second-order valence-electron chi connectivity index (χ2n) is 4.76. The van der Waals surface area contributed by atoms with Crippen LogP contribution in [0.2, 0.25) is 0 Å². The molecule has 17 heavy (non-hydrogen) atoms. The molecule has 1 fully saturated rings. The Kier molecular flexibility index (Phi) is 4.34. The van der Waals surface area contributed by atoms with Gasteiger partial charge in [-0.15, -0.1) is 0 Å². The van der Waals surface area contributed by atoms with Gasteiger partial charge in [0, 0.05) is 20.2 Å². The first kappa shape index (κ1) is 13.8. The predicted octanol–water partition coefficient (Wildman–Crippen LogP) is 0.396. The monoisotopic (exact) mass is 243 g/mol. The molecule has 6 nitrogen and oxygen atoms in total. The molecule has 1 aliphatic rings. The zero-order valence-electron chi connectivity index (χ0n) is 10.6. The van der Waals surface area contributed by atoms with Crippen molar-refractivity contribution in [3.63, 3.8) is 0 Å². The molecule has 1 aliphatic heterocycles. The highest BCUT2D eigenvalue weighted by molar-refractivity contribution is 6.01. The first-order valence-corrected chi connectivity index (χ1v) is 5.75. The number of piperidine rings is 1. The number of nitrogens with zero attached hydrogens (tertiary/aromatic N) is 2. The van der Waals surface area contributed by atoms with E-state index in [-0.39, 0.29) is 17.3 Å². The third-order valence-corrected chi connectivity index (χ3v) is 3.39. The van der Waals surface area contributed by atoms with Crippen molar-refractivity contribution in [3.8, 4) is 0 Å². The first-order valence-electron chi connectivity index (χ1n) is 5.75. The van der Waals surface area contributed by atoms with Crippen LogP contribution in [0.5, 0.6) is 0 Å². The van der Waals surface area contributed by atoms with Gasteiger partial charge in [0.25, 0.3) is 0 Å². The molecule has 0 aliphatic carbocycles. The van der Waals surface area contributed by atoms with E-state index in [4.69, 9.17) is 15.7 Å². The highest BCUT2D eigenvalue weighted by Crippen LogP contribution is 2.24. The molecule has 3 N–H and O–H groups in total. The molecule has 0 spiro atoms. The van der Waals surface area contributed by atoms with Gasteiger partial charge in [0.2, 0.25) is 5.91 Å². The number of oxime groups is 1. The number of likely N-dealkylation sites (tertiary alicyclic amines) is 1. The van der Waals surface area contributed by atoms with Crippen LogP contribution in [-0.4, -0.2) is 47.7 Å². The molecule has 1 saturated heterocycles. The Balaban J connectivity index is 2.70. The van der Waals surface area contributed by atoms with Crippen LogP contribution >= 0.6 is 0 Å². The third kappa shape index (κ3) is 3.09. The second kappa shape index (κ2) is 5.35. The molecule has 0 aromatic heterocycles. The van der Waals surface area contributed by atoms with Crippen LogP contribution in [0, 0.1) is 5.92 Å². The van der Waals surface area contributed by atoms with E-state index in [1.807, 2.05) is 6.92 Å². The number of ether oxygens (including phenoxy) is 1. The Labute approximate surface area is 101 Å². The maximum Gasteiger partial charge on any atom is 0.233 e. The van der Waals surface area contributed by atoms with Crippen molar-refractivity contribution in [2.75, 3.05) is 20.2 Å². The Morgan fingerprint density at radius 2 is 2.29 bits per heavy atom. The van der Waals surface area contributed by atoms with Gasteiger partial charge in [0.15, 0.2) is 5.84 Å². The van der Waals surface area contributed by atoms with Gasteiger partial charge in [0.05, 0.1) is 11.5 Å². The van der Waals surface area contributed by atoms with Crippen molar-refractivity contribution in [2.24, 2.45) is 16.8 Å². The van der Waals surface area contributed by atoms with Crippen LogP contribution in [0.4, 0.5) is 0 Å². The van der Waals surface area contributed by atoms with E-state index < -0.39 is 5.92 Å². The molecule has 0 radical (unpaired) electrons. The summed E-state index contributed by atoms with van der Waals surface area (Å²) in [6, 6.07) is 0. The molecule has 0 aromatic carbocycles. The van der Waals surface area contributed by atoms with Gasteiger partial charge in [-0.3, -0.25) is 4.79 Å². The molecular formula is C11H21N3O3. The second-order valence-corrected chi connectivity index (χ2v) is 4.76. The van der Waals surface area contributed by atoms with Gasteiger partial charge in [-0.2, -0.15) is 0 Å². The fourth-order valence-electron chi connectivity index (χ4n) is 2.05. The number of amidine groups is 1. The Hall–Kier alpha value is -1.30. The number of rotatable bonds is 3. The number of carbonyl (C=O) groups excluding carboxylic acids is 1. The lowest BCUT2D eigenvalue weighted by atomic mass is 9.93. The number of carbonyl (C=O) groups is 1. The predicted molar refractivity (Wildman–Crippen MR) is 63.8 cm³/mol. The van der Waals surface area contributed by atoms with Crippen molar-refractivity contribution in [1.29, 1.82) is 0 Å². The standard InChI is InChI=1S/C11H21N3O3/c1-8(9(12)13-16)10(15)14-6-4-5-11(2,7-14)17-3/h8,16H,4-7H2,1-3H3,(H2,12,13). The Morgan fingerprint density at radius 3 is 2.82 bits per heavy atom. The summed E-state index contributed by atoms with van der Waals surface area (Å²) in [5.74, 6) is -0.776. The number of hydrogen-bond donors (Lipinski definition) is 2. The number of hydrogen-bond acceptors (Lipinski definition) is 4. The van der Waals surface area contributed by atoms with Crippen molar-refractivity contribution < 1.29 is 14.7 Å². The van der Waals surface area contributed by atoms with E-state index in [9.17, 15) is 4.79 Å². The fourth-order valence-corrected chi connectivity index (χ4v) is 2.05. The van der Waals surface area contributed by atoms with Crippen LogP contribution in [0.1, 0.15) is 26.7 Å². The topological polar surface area (TPSA) is 88.2 Å². The summed E-state index contributed by atoms with van der Waals surface area (Å²) in [7, 11) is 1.65. The molecule has 1 amide bonds. The lowest BCUT2D eigenvalue weighted by molar-refractivity contribution is -0.141. The summed E-state index contributed by atoms with van der Waals surface area (Å²) in [6.45, 7) is 4.86. The molecule has 2 atom stereocenters. The molecule has 98 valence electrons. The average Bonchev–Trinajstić information content (AvgIpc) is 2.36. The molecule has 1 heterocycles. The van der Waals surface area contributed by atoms with Crippen molar-refractivity contribution >= 4 is 11.7 Å². The molecule has 0 saturated carbocycles. The van der Waals surface area contributed by atoms with E-state index in [0.717, 1.165) is 12.8 Å². The summed E-state index contributed by atoms with van der Waals surface area (Å²) in [4.78, 5) is 13.8. The molecule has 0 bridgehead atoms. The van der Waals surface area contributed by atoms with Crippen molar-refractivity contribution in [1.82, 2.24) is 4.90 Å². The minimum absolute atomic E-state index is 0.0558. The van der Waals surface area contributed by atoms with Crippen molar-refractivity contribution in [2.45, 2.75) is 32.3 Å². The maximum atomic E-state index is 12.1. The maximum absolute atomic E-state index is 12.1. The Morgan fingerprint density at radius 1 is 1.65 bits per heavy atom. The number of methoxy groups -OCH3 is 1. The van der Waals surface area contributed by atoms with E-state index in [0.29, 0.717) is 13.1 Å². The minimum Gasteiger partial charge on any atom is -0.409 e. The van der Waals surface area contributed by atoms with Gasteiger partial charge in [-0.1, -0.05) is 5.16 Å². The van der Waals surface area contributed by atoms with Crippen molar-refractivity contribution in [3.05, 3.63) is 0 Å². The third-order valence-electron chi connectivity index (χ3n) is 3.39. The van der Waals surface area contributed by atoms with Crippen LogP contribution in [0.3, 0.4) is 0 Å². The van der Waals surface area contributed by atoms with Gasteiger partial charge in [-0.25, -0.2) is 0 Å². The molecular weight excluding hydrogens is 222 g/mol. The van der Waals surface area contributed by atoms with E-state index >= 15 is 0 Å². The highest BCUT2D eigenvalue weighted by Gasteiger charge is 2.35. The minimum atomic E-state index is -0.598.